The first-order valence-electron chi connectivity index (χ1n) is 7.32. The van der Waals surface area contributed by atoms with E-state index in [1.165, 1.54) is 12.8 Å². The zero-order chi connectivity index (χ0) is 13.7. The molecule has 0 aromatic rings. The van der Waals surface area contributed by atoms with Gasteiger partial charge in [0, 0.05) is 20.2 Å². The number of carbonyl (C=O) groups is 1. The Labute approximate surface area is 114 Å². The number of likely N-dealkylation sites (tertiary alicyclic amines) is 1. The average molecular weight is 271 g/mol. The highest BCUT2D eigenvalue weighted by atomic mass is 16.5. The Morgan fingerprint density at radius 2 is 1.89 bits per heavy atom. The lowest BCUT2D eigenvalue weighted by atomic mass is 9.87. The average Bonchev–Trinajstić information content (AvgIpc) is 2.92. The molecule has 1 N–H and O–H groups in total. The van der Waals surface area contributed by atoms with Crippen LogP contribution in [0, 0.1) is 5.92 Å². The second kappa shape index (κ2) is 7.22. The Kier molecular flexibility index (Phi) is 5.60. The molecule has 0 aromatic heterocycles. The van der Waals surface area contributed by atoms with E-state index in [0.717, 1.165) is 38.8 Å². The maximum atomic E-state index is 10.9. The van der Waals surface area contributed by atoms with Crippen molar-refractivity contribution in [2.45, 2.75) is 50.9 Å². The van der Waals surface area contributed by atoms with Crippen molar-refractivity contribution < 1.29 is 19.4 Å². The third-order valence-corrected chi connectivity index (χ3v) is 4.23. The van der Waals surface area contributed by atoms with E-state index in [1.807, 2.05) is 0 Å². The van der Waals surface area contributed by atoms with Crippen molar-refractivity contribution in [2.24, 2.45) is 5.92 Å². The third-order valence-electron chi connectivity index (χ3n) is 4.23. The summed E-state index contributed by atoms with van der Waals surface area (Å²) < 4.78 is 11.4. The van der Waals surface area contributed by atoms with Crippen LogP contribution in [0.2, 0.25) is 0 Å². The number of nitrogens with zero attached hydrogens (tertiary/aromatic N) is 1. The summed E-state index contributed by atoms with van der Waals surface area (Å²) in [6, 6.07) is 0. The van der Waals surface area contributed by atoms with Crippen LogP contribution in [0.1, 0.15) is 38.5 Å². The number of hydrogen-bond donors (Lipinski definition) is 1. The molecule has 1 saturated heterocycles. The molecule has 0 radical (unpaired) electrons. The van der Waals surface area contributed by atoms with Crippen LogP contribution in [0.4, 0.5) is 0 Å². The standard InChI is InChI=1S/C14H25NO4/c1-18-10-13(15-8-2-3-9-15)19-12-6-4-11(5-7-12)14(16)17/h11-13H,2-10H2,1H3,(H,16,17). The summed E-state index contributed by atoms with van der Waals surface area (Å²) in [7, 11) is 1.70. The first-order chi connectivity index (χ1) is 9.20. The minimum atomic E-state index is -0.661. The quantitative estimate of drug-likeness (QED) is 0.797. The number of aliphatic carboxylic acids is 1. The van der Waals surface area contributed by atoms with Crippen LogP contribution in [0.5, 0.6) is 0 Å². The number of hydrogen-bond acceptors (Lipinski definition) is 4. The molecule has 1 atom stereocenters. The van der Waals surface area contributed by atoms with Crippen molar-refractivity contribution in [1.82, 2.24) is 4.90 Å². The molecule has 0 aromatic carbocycles. The van der Waals surface area contributed by atoms with Crippen LogP contribution in [0.25, 0.3) is 0 Å². The largest absolute Gasteiger partial charge is 0.481 e. The highest BCUT2D eigenvalue weighted by Gasteiger charge is 2.30. The number of methoxy groups -OCH3 is 1. The molecule has 110 valence electrons. The first kappa shape index (κ1) is 14.8. The number of carboxylic acids is 1. The van der Waals surface area contributed by atoms with Crippen LogP contribution in [-0.2, 0) is 14.3 Å². The van der Waals surface area contributed by atoms with Gasteiger partial charge >= 0.3 is 5.97 Å². The van der Waals surface area contributed by atoms with Gasteiger partial charge in [-0.15, -0.1) is 0 Å². The van der Waals surface area contributed by atoms with Crippen molar-refractivity contribution in [3.63, 3.8) is 0 Å². The first-order valence-corrected chi connectivity index (χ1v) is 7.32. The van der Waals surface area contributed by atoms with Gasteiger partial charge in [0.2, 0.25) is 0 Å². The van der Waals surface area contributed by atoms with E-state index in [9.17, 15) is 4.79 Å². The van der Waals surface area contributed by atoms with E-state index in [-0.39, 0.29) is 18.2 Å². The Balaban J connectivity index is 1.79. The van der Waals surface area contributed by atoms with Gasteiger partial charge in [-0.2, -0.15) is 0 Å². The fourth-order valence-corrected chi connectivity index (χ4v) is 3.07. The lowest BCUT2D eigenvalue weighted by Crippen LogP contribution is -2.42. The van der Waals surface area contributed by atoms with Gasteiger partial charge in [-0.1, -0.05) is 0 Å². The molecule has 0 amide bonds. The van der Waals surface area contributed by atoms with Gasteiger partial charge in [-0.25, -0.2) is 0 Å². The maximum absolute atomic E-state index is 10.9. The van der Waals surface area contributed by atoms with Gasteiger partial charge < -0.3 is 14.6 Å². The molecule has 2 fully saturated rings. The molecular weight excluding hydrogens is 246 g/mol. The number of ether oxygens (including phenoxy) is 2. The number of carboxylic acid groups (broad SMARTS) is 1. The summed E-state index contributed by atoms with van der Waals surface area (Å²) >= 11 is 0. The molecule has 5 nitrogen and oxygen atoms in total. The third kappa shape index (κ3) is 4.16. The van der Waals surface area contributed by atoms with Gasteiger partial charge in [0.15, 0.2) is 0 Å². The molecule has 1 aliphatic heterocycles. The topological polar surface area (TPSA) is 59.0 Å². The molecule has 2 rings (SSSR count). The molecule has 1 heterocycles. The molecule has 5 heteroatoms. The molecule has 19 heavy (non-hydrogen) atoms. The van der Waals surface area contributed by atoms with E-state index >= 15 is 0 Å². The molecule has 1 unspecified atom stereocenters. The van der Waals surface area contributed by atoms with E-state index in [2.05, 4.69) is 4.90 Å². The molecule has 1 aliphatic carbocycles. The molecule has 2 aliphatic rings. The van der Waals surface area contributed by atoms with E-state index < -0.39 is 5.97 Å². The fraction of sp³-hybridized carbons (Fsp3) is 0.929. The van der Waals surface area contributed by atoms with Crippen LogP contribution >= 0.6 is 0 Å². The monoisotopic (exact) mass is 271 g/mol. The minimum absolute atomic E-state index is 0.0406. The number of rotatable bonds is 6. The van der Waals surface area contributed by atoms with Crippen LogP contribution in [0.15, 0.2) is 0 Å². The summed E-state index contributed by atoms with van der Waals surface area (Å²) in [6.45, 7) is 2.76. The Morgan fingerprint density at radius 3 is 2.42 bits per heavy atom. The van der Waals surface area contributed by atoms with E-state index in [0.29, 0.717) is 6.61 Å². The Bertz CT molecular complexity index is 283. The van der Waals surface area contributed by atoms with Gasteiger partial charge in [0.05, 0.1) is 18.6 Å². The highest BCUT2D eigenvalue weighted by Crippen LogP contribution is 2.28. The summed E-state index contributed by atoms with van der Waals surface area (Å²) in [5.74, 6) is -0.834. The molecule has 0 spiro atoms. The van der Waals surface area contributed by atoms with Crippen molar-refractivity contribution in [3.8, 4) is 0 Å². The van der Waals surface area contributed by atoms with Crippen molar-refractivity contribution in [1.29, 1.82) is 0 Å². The lowest BCUT2D eigenvalue weighted by Gasteiger charge is -2.33. The van der Waals surface area contributed by atoms with Gasteiger partial charge in [0.1, 0.15) is 6.23 Å². The van der Waals surface area contributed by atoms with Crippen LogP contribution in [-0.4, -0.2) is 55.1 Å². The summed E-state index contributed by atoms with van der Waals surface area (Å²) in [4.78, 5) is 13.3. The van der Waals surface area contributed by atoms with Crippen LogP contribution in [0.3, 0.4) is 0 Å². The molecule has 0 bridgehead atoms. The predicted octanol–water partition coefficient (Wildman–Crippen LogP) is 1.71. The highest BCUT2D eigenvalue weighted by molar-refractivity contribution is 5.70. The van der Waals surface area contributed by atoms with E-state index in [4.69, 9.17) is 14.6 Å². The van der Waals surface area contributed by atoms with Gasteiger partial charge in [-0.05, 0) is 38.5 Å². The van der Waals surface area contributed by atoms with Crippen molar-refractivity contribution in [2.75, 3.05) is 26.8 Å². The fourth-order valence-electron chi connectivity index (χ4n) is 3.07. The summed E-state index contributed by atoms with van der Waals surface area (Å²) in [5.41, 5.74) is 0. The normalized spacial score (nSPS) is 30.4. The summed E-state index contributed by atoms with van der Waals surface area (Å²) in [5, 5.41) is 8.99. The van der Waals surface area contributed by atoms with Crippen LogP contribution < -0.4 is 0 Å². The Hall–Kier alpha value is -0.650. The zero-order valence-corrected chi connectivity index (χ0v) is 11.7. The molecule has 1 saturated carbocycles. The minimum Gasteiger partial charge on any atom is -0.481 e. The van der Waals surface area contributed by atoms with Gasteiger partial charge in [0.25, 0.3) is 0 Å². The second-order valence-corrected chi connectivity index (χ2v) is 5.60. The van der Waals surface area contributed by atoms with Crippen molar-refractivity contribution >= 4 is 5.97 Å². The maximum Gasteiger partial charge on any atom is 0.306 e. The van der Waals surface area contributed by atoms with Gasteiger partial charge in [-0.3, -0.25) is 9.69 Å². The van der Waals surface area contributed by atoms with Crippen molar-refractivity contribution in [3.05, 3.63) is 0 Å². The second-order valence-electron chi connectivity index (χ2n) is 5.60. The van der Waals surface area contributed by atoms with E-state index in [1.54, 1.807) is 7.11 Å². The lowest BCUT2D eigenvalue weighted by molar-refractivity contribution is -0.149. The Morgan fingerprint density at radius 1 is 1.26 bits per heavy atom. The smallest absolute Gasteiger partial charge is 0.306 e. The predicted molar refractivity (Wildman–Crippen MR) is 70.9 cm³/mol. The molecular formula is C14H25NO4. The SMILES string of the molecule is COCC(OC1CCC(C(=O)O)CC1)N1CCCC1. The summed E-state index contributed by atoms with van der Waals surface area (Å²) in [6.07, 6.45) is 5.87. The zero-order valence-electron chi connectivity index (χ0n) is 11.7.